The third-order valence-corrected chi connectivity index (χ3v) is 7.87. The van der Waals surface area contributed by atoms with Crippen LogP contribution in [0.5, 0.6) is 0 Å². The molecule has 7 heteroatoms. The largest absolute Gasteiger partial charge is 0.478 e. The van der Waals surface area contributed by atoms with E-state index in [1.165, 1.54) is 12.1 Å². The Morgan fingerprint density at radius 1 is 0.732 bits per heavy atom. The van der Waals surface area contributed by atoms with Crippen LogP contribution in [0, 0.1) is 5.92 Å². The van der Waals surface area contributed by atoms with Crippen LogP contribution in [0.2, 0.25) is 5.02 Å². The number of hydrogen-bond donors (Lipinski definition) is 1. The van der Waals surface area contributed by atoms with Gasteiger partial charge in [0.1, 0.15) is 0 Å². The Morgan fingerprint density at radius 3 is 1.93 bits per heavy atom. The molecule has 208 valence electrons. The molecule has 1 N–H and O–H groups in total. The number of carboxylic acids is 1. The van der Waals surface area contributed by atoms with Gasteiger partial charge in [0.2, 0.25) is 5.91 Å². The Labute approximate surface area is 244 Å². The average molecular weight is 567 g/mol. The zero-order valence-electron chi connectivity index (χ0n) is 22.8. The quantitative estimate of drug-likeness (QED) is 0.206. The van der Waals surface area contributed by atoms with Crippen LogP contribution in [0.1, 0.15) is 58.4 Å². The van der Waals surface area contributed by atoms with E-state index in [2.05, 4.69) is 0 Å². The van der Waals surface area contributed by atoms with Gasteiger partial charge in [0.05, 0.1) is 11.3 Å². The maximum absolute atomic E-state index is 13.7. The summed E-state index contributed by atoms with van der Waals surface area (Å²) in [5.74, 6) is -1.30. The van der Waals surface area contributed by atoms with E-state index in [1.807, 2.05) is 78.7 Å². The number of carbonyl (C=O) groups excluding carboxylic acids is 2. The van der Waals surface area contributed by atoms with Gasteiger partial charge in [-0.2, -0.15) is 0 Å². The molecule has 6 nitrogen and oxygen atoms in total. The first kappa shape index (κ1) is 28.1. The van der Waals surface area contributed by atoms with Crippen molar-refractivity contribution in [1.82, 2.24) is 0 Å². The number of rotatable bonds is 9. The fraction of sp³-hybridized carbons (Fsp3) is 0.206. The van der Waals surface area contributed by atoms with Crippen LogP contribution in [0.3, 0.4) is 0 Å². The molecule has 0 aromatic heterocycles. The van der Waals surface area contributed by atoms with Crippen LogP contribution in [-0.2, 0) is 4.79 Å². The molecule has 41 heavy (non-hydrogen) atoms. The molecule has 0 unspecified atom stereocenters. The van der Waals surface area contributed by atoms with Gasteiger partial charge in [-0.15, -0.1) is 0 Å². The molecule has 1 aliphatic rings. The lowest BCUT2D eigenvalue weighted by Gasteiger charge is -2.25. The second-order valence-electron chi connectivity index (χ2n) is 10.4. The Bertz CT molecular complexity index is 1550. The van der Waals surface area contributed by atoms with Crippen molar-refractivity contribution in [2.45, 2.75) is 32.1 Å². The Hall–Kier alpha value is -4.42. The second kappa shape index (κ2) is 12.4. The molecule has 4 aromatic carbocycles. The summed E-state index contributed by atoms with van der Waals surface area (Å²) < 4.78 is 0. The number of ketones is 1. The van der Waals surface area contributed by atoms with E-state index in [0.717, 1.165) is 37.1 Å². The Morgan fingerprint density at radius 2 is 1.32 bits per heavy atom. The zero-order valence-corrected chi connectivity index (χ0v) is 23.6. The molecule has 0 radical (unpaired) electrons. The smallest absolute Gasteiger partial charge is 0.335 e. The highest BCUT2D eigenvalue weighted by atomic mass is 35.5. The van der Waals surface area contributed by atoms with Gasteiger partial charge in [-0.05, 0) is 97.6 Å². The lowest BCUT2D eigenvalue weighted by atomic mass is 9.98. The zero-order chi connectivity index (χ0) is 28.9. The van der Waals surface area contributed by atoms with E-state index in [0.29, 0.717) is 34.3 Å². The van der Waals surface area contributed by atoms with Crippen molar-refractivity contribution in [3.63, 3.8) is 0 Å². The molecule has 0 spiro atoms. The number of halogens is 1. The van der Waals surface area contributed by atoms with Crippen molar-refractivity contribution >= 4 is 52.0 Å². The van der Waals surface area contributed by atoms with E-state index >= 15 is 0 Å². The maximum atomic E-state index is 13.7. The summed E-state index contributed by atoms with van der Waals surface area (Å²) in [4.78, 5) is 42.9. The number of anilines is 4. The number of amides is 1. The second-order valence-corrected chi connectivity index (χ2v) is 10.8. The van der Waals surface area contributed by atoms with Crippen LogP contribution in [0.4, 0.5) is 22.7 Å². The minimum atomic E-state index is -1.17. The highest BCUT2D eigenvalue weighted by Crippen LogP contribution is 2.34. The Kier molecular flexibility index (Phi) is 8.50. The summed E-state index contributed by atoms with van der Waals surface area (Å²) in [6, 6.07) is 28.2. The first-order valence-corrected chi connectivity index (χ1v) is 14.1. The van der Waals surface area contributed by atoms with Crippen molar-refractivity contribution < 1.29 is 19.5 Å². The van der Waals surface area contributed by atoms with Gasteiger partial charge in [0, 0.05) is 46.7 Å². The topological polar surface area (TPSA) is 77.9 Å². The SMILES string of the molecule is CN(c1ccc(Cl)cc1)c1ccc(C(=O)c2cc(C(=O)O)cc(N(C(=O)CC3CCCC3)c3ccccc3)c2)cc1. The number of hydrogen-bond acceptors (Lipinski definition) is 4. The van der Waals surface area contributed by atoms with Crippen LogP contribution in [0.25, 0.3) is 0 Å². The molecule has 1 fully saturated rings. The number of nitrogens with zero attached hydrogens (tertiary/aromatic N) is 2. The van der Waals surface area contributed by atoms with E-state index in [9.17, 15) is 19.5 Å². The van der Waals surface area contributed by atoms with Crippen molar-refractivity contribution in [3.05, 3.63) is 119 Å². The number of benzene rings is 4. The van der Waals surface area contributed by atoms with Crippen LogP contribution >= 0.6 is 11.6 Å². The first-order valence-electron chi connectivity index (χ1n) is 13.7. The molecule has 0 heterocycles. The minimum absolute atomic E-state index is 0.0560. The van der Waals surface area contributed by atoms with E-state index < -0.39 is 5.97 Å². The fourth-order valence-corrected chi connectivity index (χ4v) is 5.50. The molecule has 0 saturated heterocycles. The molecule has 0 aliphatic heterocycles. The molecule has 1 saturated carbocycles. The normalized spacial score (nSPS) is 13.1. The standard InChI is InChI=1S/C34H31ClN2O4/c1-36(29-17-13-27(35)14-18-29)28-15-11-24(12-16-28)33(39)25-20-26(34(40)41)22-31(21-25)37(30-9-3-2-4-10-30)32(38)19-23-7-5-6-8-23/h2-4,9-18,20-23H,5-8,19H2,1H3,(H,40,41). The number of aromatic carboxylic acids is 1. The van der Waals surface area contributed by atoms with Crippen molar-refractivity contribution in [2.75, 3.05) is 16.8 Å². The van der Waals surface area contributed by atoms with Gasteiger partial charge < -0.3 is 10.0 Å². The van der Waals surface area contributed by atoms with Crippen molar-refractivity contribution in [2.24, 2.45) is 5.92 Å². The van der Waals surface area contributed by atoms with Gasteiger partial charge in [0.25, 0.3) is 0 Å². The summed E-state index contributed by atoms with van der Waals surface area (Å²) in [7, 11) is 1.92. The number of carbonyl (C=O) groups is 3. The van der Waals surface area contributed by atoms with E-state index in [4.69, 9.17) is 11.6 Å². The number of para-hydroxylation sites is 1. The van der Waals surface area contributed by atoms with Crippen LogP contribution < -0.4 is 9.80 Å². The monoisotopic (exact) mass is 566 g/mol. The summed E-state index contributed by atoms with van der Waals surface area (Å²) >= 11 is 6.01. The van der Waals surface area contributed by atoms with Crippen molar-refractivity contribution in [1.29, 1.82) is 0 Å². The van der Waals surface area contributed by atoms with Crippen LogP contribution in [-0.4, -0.2) is 29.8 Å². The fourth-order valence-electron chi connectivity index (χ4n) is 5.38. The highest BCUT2D eigenvalue weighted by Gasteiger charge is 2.26. The Balaban J connectivity index is 1.48. The molecule has 4 aromatic rings. The van der Waals surface area contributed by atoms with Gasteiger partial charge >= 0.3 is 5.97 Å². The molecule has 1 aliphatic carbocycles. The molecular weight excluding hydrogens is 536 g/mol. The predicted octanol–water partition coefficient (Wildman–Crippen LogP) is 8.28. The summed E-state index contributed by atoms with van der Waals surface area (Å²) in [5.41, 5.74) is 3.36. The molecule has 0 atom stereocenters. The van der Waals surface area contributed by atoms with Gasteiger partial charge in [0.15, 0.2) is 5.78 Å². The van der Waals surface area contributed by atoms with Gasteiger partial charge in [-0.3, -0.25) is 14.5 Å². The predicted molar refractivity (Wildman–Crippen MR) is 163 cm³/mol. The third kappa shape index (κ3) is 6.50. The summed E-state index contributed by atoms with van der Waals surface area (Å²) in [6.45, 7) is 0. The van der Waals surface area contributed by atoms with E-state index in [-0.39, 0.29) is 22.8 Å². The van der Waals surface area contributed by atoms with Crippen molar-refractivity contribution in [3.8, 4) is 0 Å². The first-order chi connectivity index (χ1) is 19.8. The van der Waals surface area contributed by atoms with Crippen LogP contribution in [0.15, 0.2) is 97.1 Å². The summed E-state index contributed by atoms with van der Waals surface area (Å²) in [6.07, 6.45) is 4.63. The molecule has 5 rings (SSSR count). The highest BCUT2D eigenvalue weighted by molar-refractivity contribution is 6.30. The lowest BCUT2D eigenvalue weighted by molar-refractivity contribution is -0.118. The van der Waals surface area contributed by atoms with E-state index in [1.54, 1.807) is 23.1 Å². The third-order valence-electron chi connectivity index (χ3n) is 7.62. The van der Waals surface area contributed by atoms with Gasteiger partial charge in [-0.25, -0.2) is 4.79 Å². The van der Waals surface area contributed by atoms with Gasteiger partial charge in [-0.1, -0.05) is 42.6 Å². The lowest BCUT2D eigenvalue weighted by Crippen LogP contribution is -2.28. The molecule has 0 bridgehead atoms. The molecular formula is C34H31ClN2O4. The molecule has 1 amide bonds. The average Bonchev–Trinajstić information content (AvgIpc) is 3.50. The minimum Gasteiger partial charge on any atom is -0.478 e. The number of carboxylic acid groups (broad SMARTS) is 1. The summed E-state index contributed by atoms with van der Waals surface area (Å²) in [5, 5.41) is 10.6. The maximum Gasteiger partial charge on any atom is 0.335 e.